The maximum absolute atomic E-state index is 11.9. The van der Waals surface area contributed by atoms with E-state index in [0.29, 0.717) is 23.8 Å². The smallest absolute Gasteiger partial charge is 0.251 e. The first kappa shape index (κ1) is 16.0. The summed E-state index contributed by atoms with van der Waals surface area (Å²) in [4.78, 5) is 23.4. The van der Waals surface area contributed by atoms with E-state index in [4.69, 9.17) is 4.74 Å². The summed E-state index contributed by atoms with van der Waals surface area (Å²) in [6.07, 6.45) is 0.926. The van der Waals surface area contributed by atoms with Gasteiger partial charge in [-0.15, -0.1) is 0 Å². The molecule has 20 heavy (non-hydrogen) atoms. The van der Waals surface area contributed by atoms with Crippen molar-refractivity contribution in [3.8, 4) is 5.75 Å². The van der Waals surface area contributed by atoms with Crippen molar-refractivity contribution in [1.29, 1.82) is 0 Å². The van der Waals surface area contributed by atoms with Crippen LogP contribution in [0.15, 0.2) is 24.3 Å². The number of benzene rings is 1. The van der Waals surface area contributed by atoms with Crippen molar-refractivity contribution in [1.82, 2.24) is 10.6 Å². The fourth-order valence-corrected chi connectivity index (χ4v) is 1.59. The molecule has 0 aliphatic heterocycles. The van der Waals surface area contributed by atoms with E-state index in [1.165, 1.54) is 0 Å². The summed E-state index contributed by atoms with van der Waals surface area (Å²) in [5, 5.41) is 5.35. The molecule has 0 saturated heterocycles. The van der Waals surface area contributed by atoms with E-state index in [0.717, 1.165) is 6.42 Å². The minimum atomic E-state index is -0.289. The third kappa shape index (κ3) is 5.73. The van der Waals surface area contributed by atoms with Gasteiger partial charge in [0.15, 0.2) is 0 Å². The Bertz CT molecular complexity index is 458. The Morgan fingerprint density at radius 3 is 2.65 bits per heavy atom. The number of carbonyl (C=O) groups is 2. The molecule has 0 spiro atoms. The van der Waals surface area contributed by atoms with Crippen LogP contribution in [0.2, 0.25) is 0 Å². The van der Waals surface area contributed by atoms with Crippen LogP contribution in [-0.2, 0) is 4.79 Å². The van der Waals surface area contributed by atoms with Gasteiger partial charge in [0.2, 0.25) is 5.91 Å². The molecule has 0 aliphatic rings. The highest BCUT2D eigenvalue weighted by Crippen LogP contribution is 2.12. The van der Waals surface area contributed by atoms with Gasteiger partial charge in [-0.3, -0.25) is 9.59 Å². The van der Waals surface area contributed by atoms with E-state index in [1.54, 1.807) is 31.4 Å². The van der Waals surface area contributed by atoms with Gasteiger partial charge in [0, 0.05) is 12.1 Å². The molecule has 0 radical (unpaired) electrons. The molecule has 1 aromatic rings. The minimum absolute atomic E-state index is 0.0197. The summed E-state index contributed by atoms with van der Waals surface area (Å²) in [5.74, 6) is 0.686. The van der Waals surface area contributed by atoms with Crippen molar-refractivity contribution < 1.29 is 14.3 Å². The normalized spacial score (nSPS) is 10.2. The molecule has 0 bridgehead atoms. The van der Waals surface area contributed by atoms with E-state index in [1.807, 2.05) is 0 Å². The van der Waals surface area contributed by atoms with Crippen LogP contribution in [0.4, 0.5) is 0 Å². The zero-order valence-electron chi connectivity index (χ0n) is 12.2. The Morgan fingerprint density at radius 2 is 2.00 bits per heavy atom. The Labute approximate surface area is 119 Å². The van der Waals surface area contributed by atoms with Crippen LogP contribution < -0.4 is 15.4 Å². The number of ether oxygens (including phenoxy) is 1. The molecule has 2 N–H and O–H groups in total. The number of methoxy groups -OCH3 is 1. The molecule has 0 unspecified atom stereocenters. The van der Waals surface area contributed by atoms with Gasteiger partial charge < -0.3 is 15.4 Å². The average Bonchev–Trinajstić information content (AvgIpc) is 2.44. The third-order valence-corrected chi connectivity index (χ3v) is 2.79. The summed E-state index contributed by atoms with van der Waals surface area (Å²) in [7, 11) is 1.54. The fourth-order valence-electron chi connectivity index (χ4n) is 1.59. The maximum Gasteiger partial charge on any atom is 0.251 e. The highest BCUT2D eigenvalue weighted by Gasteiger charge is 2.08. The molecule has 5 nitrogen and oxygen atoms in total. The van der Waals surface area contributed by atoms with Gasteiger partial charge in [0.1, 0.15) is 5.75 Å². The van der Waals surface area contributed by atoms with Crippen LogP contribution in [0.25, 0.3) is 0 Å². The van der Waals surface area contributed by atoms with E-state index >= 15 is 0 Å². The summed E-state index contributed by atoms with van der Waals surface area (Å²) in [5.41, 5.74) is 0.472. The monoisotopic (exact) mass is 278 g/mol. The lowest BCUT2D eigenvalue weighted by Gasteiger charge is -2.08. The first-order chi connectivity index (χ1) is 9.52. The first-order valence-corrected chi connectivity index (χ1v) is 6.72. The Balaban J connectivity index is 2.37. The molecule has 110 valence electrons. The van der Waals surface area contributed by atoms with E-state index < -0.39 is 0 Å². The van der Waals surface area contributed by atoms with E-state index in [2.05, 4.69) is 24.5 Å². The van der Waals surface area contributed by atoms with Gasteiger partial charge >= 0.3 is 0 Å². The second-order valence-corrected chi connectivity index (χ2v) is 4.95. The molecule has 0 fully saturated rings. The van der Waals surface area contributed by atoms with Crippen LogP contribution in [0.3, 0.4) is 0 Å². The van der Waals surface area contributed by atoms with Crippen molar-refractivity contribution in [3.05, 3.63) is 29.8 Å². The second kappa shape index (κ2) is 8.19. The highest BCUT2D eigenvalue weighted by atomic mass is 16.5. The van der Waals surface area contributed by atoms with E-state index in [9.17, 15) is 9.59 Å². The van der Waals surface area contributed by atoms with Crippen LogP contribution >= 0.6 is 0 Å². The number of carbonyl (C=O) groups excluding carboxylic acids is 2. The number of hydrogen-bond acceptors (Lipinski definition) is 3. The lowest BCUT2D eigenvalue weighted by Crippen LogP contribution is -2.37. The lowest BCUT2D eigenvalue weighted by atomic mass is 10.1. The quantitative estimate of drug-likeness (QED) is 0.796. The standard InChI is InChI=1S/C15H22N2O3/c1-11(2)7-8-16-14(18)10-17-15(19)12-5-4-6-13(9-12)20-3/h4-6,9,11H,7-8,10H2,1-3H3,(H,16,18)(H,17,19). The van der Waals surface area contributed by atoms with Crippen molar-refractivity contribution in [2.45, 2.75) is 20.3 Å². The second-order valence-electron chi connectivity index (χ2n) is 4.95. The third-order valence-electron chi connectivity index (χ3n) is 2.79. The Morgan fingerprint density at radius 1 is 1.25 bits per heavy atom. The predicted octanol–water partition coefficient (Wildman–Crippen LogP) is 1.59. The van der Waals surface area contributed by atoms with Crippen molar-refractivity contribution in [3.63, 3.8) is 0 Å². The van der Waals surface area contributed by atoms with Crippen LogP contribution in [0.5, 0.6) is 5.75 Å². The molecular formula is C15H22N2O3. The first-order valence-electron chi connectivity index (χ1n) is 6.72. The molecule has 0 aromatic heterocycles. The van der Waals surface area contributed by atoms with Gasteiger partial charge in [-0.1, -0.05) is 19.9 Å². The molecule has 5 heteroatoms. The topological polar surface area (TPSA) is 67.4 Å². The molecule has 1 aromatic carbocycles. The van der Waals surface area contributed by atoms with Crippen molar-refractivity contribution in [2.24, 2.45) is 5.92 Å². The van der Waals surface area contributed by atoms with Gasteiger partial charge in [0.05, 0.1) is 13.7 Å². The molecule has 1 rings (SSSR count). The molecule has 0 saturated carbocycles. The van der Waals surface area contributed by atoms with Crippen molar-refractivity contribution in [2.75, 3.05) is 20.2 Å². The summed E-state index contributed by atoms with van der Waals surface area (Å²) >= 11 is 0. The number of nitrogens with one attached hydrogen (secondary N) is 2. The minimum Gasteiger partial charge on any atom is -0.497 e. The predicted molar refractivity (Wildman–Crippen MR) is 77.8 cm³/mol. The summed E-state index contributed by atoms with van der Waals surface area (Å²) < 4.78 is 5.05. The van der Waals surface area contributed by atoms with Gasteiger partial charge in [-0.25, -0.2) is 0 Å². The van der Waals surface area contributed by atoms with Gasteiger partial charge in [-0.05, 0) is 30.5 Å². The molecule has 0 atom stereocenters. The Kier molecular flexibility index (Phi) is 6.56. The summed E-state index contributed by atoms with van der Waals surface area (Å²) in [6.45, 7) is 4.80. The summed E-state index contributed by atoms with van der Waals surface area (Å²) in [6, 6.07) is 6.80. The molecule has 0 aliphatic carbocycles. The van der Waals surface area contributed by atoms with Crippen LogP contribution in [0.1, 0.15) is 30.6 Å². The average molecular weight is 278 g/mol. The lowest BCUT2D eigenvalue weighted by molar-refractivity contribution is -0.120. The zero-order chi connectivity index (χ0) is 15.0. The number of amides is 2. The van der Waals surface area contributed by atoms with E-state index in [-0.39, 0.29) is 18.4 Å². The number of rotatable bonds is 7. The zero-order valence-corrected chi connectivity index (χ0v) is 12.2. The van der Waals surface area contributed by atoms with Gasteiger partial charge in [0.25, 0.3) is 5.91 Å². The van der Waals surface area contributed by atoms with Crippen LogP contribution in [0, 0.1) is 5.92 Å². The molecule has 0 heterocycles. The fraction of sp³-hybridized carbons (Fsp3) is 0.467. The molecule has 2 amide bonds. The van der Waals surface area contributed by atoms with Gasteiger partial charge in [-0.2, -0.15) is 0 Å². The SMILES string of the molecule is COc1cccc(C(=O)NCC(=O)NCCC(C)C)c1. The molecular weight excluding hydrogens is 256 g/mol. The Hall–Kier alpha value is -2.04. The van der Waals surface area contributed by atoms with Crippen molar-refractivity contribution >= 4 is 11.8 Å². The maximum atomic E-state index is 11.9. The number of hydrogen-bond donors (Lipinski definition) is 2. The van der Waals surface area contributed by atoms with Crippen LogP contribution in [-0.4, -0.2) is 32.0 Å². The largest absolute Gasteiger partial charge is 0.497 e. The highest BCUT2D eigenvalue weighted by molar-refractivity contribution is 5.96.